The smallest absolute Gasteiger partial charge is 0.255 e. The van der Waals surface area contributed by atoms with E-state index in [1.165, 1.54) is 0 Å². The Labute approximate surface area is 162 Å². The minimum Gasteiger partial charge on any atom is -0.318 e. The number of aromatic amines is 1. The van der Waals surface area contributed by atoms with Crippen LogP contribution in [0.2, 0.25) is 0 Å². The van der Waals surface area contributed by atoms with Crippen LogP contribution in [-0.2, 0) is 11.3 Å². The molecular weight excluding hydrogens is 352 g/mol. The first kappa shape index (κ1) is 16.7. The molecule has 0 unspecified atom stereocenters. The van der Waals surface area contributed by atoms with Gasteiger partial charge in [-0.2, -0.15) is 5.10 Å². The summed E-state index contributed by atoms with van der Waals surface area (Å²) in [6, 6.07) is 18.1. The maximum absolute atomic E-state index is 13.2. The van der Waals surface area contributed by atoms with Crippen molar-refractivity contribution >= 4 is 17.6 Å². The highest BCUT2D eigenvalue weighted by atomic mass is 16.2. The predicted molar refractivity (Wildman–Crippen MR) is 105 cm³/mol. The molecule has 0 bridgehead atoms. The first-order chi connectivity index (χ1) is 13.7. The molecule has 6 heteroatoms. The van der Waals surface area contributed by atoms with Gasteiger partial charge in [0, 0.05) is 29.8 Å². The molecule has 2 aliphatic rings. The van der Waals surface area contributed by atoms with Gasteiger partial charge in [-0.3, -0.25) is 14.7 Å². The van der Waals surface area contributed by atoms with Crippen molar-refractivity contribution in [2.45, 2.75) is 31.3 Å². The van der Waals surface area contributed by atoms with Crippen LogP contribution in [0.5, 0.6) is 0 Å². The van der Waals surface area contributed by atoms with Crippen LogP contribution in [0.3, 0.4) is 0 Å². The number of fused-ring (bicyclic) bond motifs is 1. The number of benzene rings is 2. The average Bonchev–Trinajstić information content (AvgIpc) is 3.39. The topological polar surface area (TPSA) is 78.1 Å². The van der Waals surface area contributed by atoms with Crippen LogP contribution in [-0.4, -0.2) is 26.9 Å². The van der Waals surface area contributed by atoms with E-state index in [0.29, 0.717) is 23.8 Å². The highest BCUT2D eigenvalue weighted by molar-refractivity contribution is 6.03. The molecule has 0 spiro atoms. The number of hydrogen-bond acceptors (Lipinski definition) is 3. The first-order valence-electron chi connectivity index (χ1n) is 9.50. The highest BCUT2D eigenvalue weighted by Crippen LogP contribution is 2.39. The van der Waals surface area contributed by atoms with Crippen molar-refractivity contribution in [1.82, 2.24) is 15.1 Å². The number of carbonyl (C=O) groups excluding carboxylic acids is 2. The maximum atomic E-state index is 13.2. The van der Waals surface area contributed by atoms with Crippen molar-refractivity contribution in [3.8, 4) is 0 Å². The number of amides is 2. The van der Waals surface area contributed by atoms with Crippen LogP contribution in [0.4, 0.5) is 5.82 Å². The van der Waals surface area contributed by atoms with Crippen molar-refractivity contribution in [3.05, 3.63) is 83.0 Å². The second-order valence-electron chi connectivity index (χ2n) is 7.38. The van der Waals surface area contributed by atoms with Crippen molar-refractivity contribution < 1.29 is 9.59 Å². The predicted octanol–water partition coefficient (Wildman–Crippen LogP) is 3.62. The van der Waals surface area contributed by atoms with Crippen LogP contribution >= 0.6 is 0 Å². The molecule has 1 aliphatic heterocycles. The number of carbonyl (C=O) groups is 2. The third-order valence-electron chi connectivity index (χ3n) is 5.39. The summed E-state index contributed by atoms with van der Waals surface area (Å²) in [6.45, 7) is 0.413. The van der Waals surface area contributed by atoms with E-state index >= 15 is 0 Å². The molecule has 5 rings (SSSR count). The van der Waals surface area contributed by atoms with Crippen LogP contribution in [0, 0.1) is 0 Å². The number of nitrogens with one attached hydrogen (secondary N) is 2. The lowest BCUT2D eigenvalue weighted by Gasteiger charge is -2.27. The summed E-state index contributed by atoms with van der Waals surface area (Å²) in [4.78, 5) is 27.9. The second-order valence-corrected chi connectivity index (χ2v) is 7.38. The van der Waals surface area contributed by atoms with Crippen molar-refractivity contribution in [1.29, 1.82) is 0 Å². The molecule has 2 N–H and O–H groups in total. The van der Waals surface area contributed by atoms with Crippen molar-refractivity contribution in [2.24, 2.45) is 0 Å². The van der Waals surface area contributed by atoms with Gasteiger partial charge in [0.2, 0.25) is 0 Å². The van der Waals surface area contributed by atoms with E-state index in [4.69, 9.17) is 0 Å². The fourth-order valence-electron chi connectivity index (χ4n) is 3.79. The summed E-state index contributed by atoms with van der Waals surface area (Å²) < 4.78 is 0. The third kappa shape index (κ3) is 2.97. The zero-order valence-corrected chi connectivity index (χ0v) is 15.3. The Morgan fingerprint density at radius 1 is 1.11 bits per heavy atom. The average molecular weight is 372 g/mol. The zero-order valence-electron chi connectivity index (χ0n) is 15.3. The Morgan fingerprint density at radius 2 is 1.86 bits per heavy atom. The minimum absolute atomic E-state index is 0.125. The first-order valence-corrected chi connectivity index (χ1v) is 9.50. The number of H-pyrrole nitrogens is 1. The lowest BCUT2D eigenvalue weighted by atomic mass is 10.0. The molecule has 0 saturated heterocycles. The summed E-state index contributed by atoms with van der Waals surface area (Å²) in [5.74, 6) is 0.635. The van der Waals surface area contributed by atoms with E-state index in [-0.39, 0.29) is 11.8 Å². The summed E-state index contributed by atoms with van der Waals surface area (Å²) in [6.07, 6.45) is 2.31. The number of rotatable bonds is 5. The third-order valence-corrected chi connectivity index (χ3v) is 5.39. The number of nitrogens with zero attached hydrogens (tertiary/aromatic N) is 2. The number of hydrogen-bond donors (Lipinski definition) is 2. The monoisotopic (exact) mass is 372 g/mol. The largest absolute Gasteiger partial charge is 0.318 e. The van der Waals surface area contributed by atoms with Gasteiger partial charge in [-0.1, -0.05) is 48.5 Å². The van der Waals surface area contributed by atoms with E-state index in [1.807, 2.05) is 60.7 Å². The van der Waals surface area contributed by atoms with E-state index < -0.39 is 6.04 Å². The minimum atomic E-state index is -0.720. The molecule has 2 amide bonds. The van der Waals surface area contributed by atoms with Gasteiger partial charge in [-0.05, 0) is 30.0 Å². The molecule has 140 valence electrons. The van der Waals surface area contributed by atoms with Gasteiger partial charge < -0.3 is 10.2 Å². The van der Waals surface area contributed by atoms with Gasteiger partial charge in [0.25, 0.3) is 11.8 Å². The molecule has 2 heterocycles. The van der Waals surface area contributed by atoms with E-state index in [2.05, 4.69) is 15.5 Å². The quantitative estimate of drug-likeness (QED) is 0.718. The van der Waals surface area contributed by atoms with Gasteiger partial charge in [0.05, 0.1) is 0 Å². The van der Waals surface area contributed by atoms with Crippen LogP contribution in [0.1, 0.15) is 52.0 Å². The van der Waals surface area contributed by atoms with Gasteiger partial charge in [-0.25, -0.2) is 0 Å². The van der Waals surface area contributed by atoms with Gasteiger partial charge >= 0.3 is 0 Å². The van der Waals surface area contributed by atoms with Crippen LogP contribution in [0.15, 0.2) is 60.7 Å². The summed E-state index contributed by atoms with van der Waals surface area (Å²) >= 11 is 0. The molecule has 1 aromatic heterocycles. The second kappa shape index (κ2) is 6.64. The number of anilines is 1. The van der Waals surface area contributed by atoms with E-state index in [1.54, 1.807) is 4.90 Å². The Kier molecular flexibility index (Phi) is 3.97. The summed E-state index contributed by atoms with van der Waals surface area (Å²) in [5, 5.41) is 10.1. The zero-order chi connectivity index (χ0) is 19.1. The van der Waals surface area contributed by atoms with Crippen LogP contribution < -0.4 is 5.32 Å². The standard InChI is InChI=1S/C22H20N4O2/c27-21(23-19-12-18(24-25-19)14-10-11-14)20(15-6-2-1-3-7-15)26-13-16-8-4-5-9-17(16)22(26)28/h1-9,12,14,20H,10-11,13H2,(H2,23,24,25,27)/t20-/m1/s1. The molecule has 6 nitrogen and oxygen atoms in total. The van der Waals surface area contributed by atoms with Crippen molar-refractivity contribution in [3.63, 3.8) is 0 Å². The van der Waals surface area contributed by atoms with Crippen molar-refractivity contribution in [2.75, 3.05) is 5.32 Å². The molecule has 2 aromatic carbocycles. The molecule has 28 heavy (non-hydrogen) atoms. The van der Waals surface area contributed by atoms with Crippen LogP contribution in [0.25, 0.3) is 0 Å². The maximum Gasteiger partial charge on any atom is 0.255 e. The molecular formula is C22H20N4O2. The summed E-state index contributed by atoms with van der Waals surface area (Å²) in [5.41, 5.74) is 3.43. The molecule has 1 saturated carbocycles. The fourth-order valence-corrected chi connectivity index (χ4v) is 3.79. The van der Waals surface area contributed by atoms with Gasteiger partial charge in [0.1, 0.15) is 6.04 Å². The molecule has 1 aliphatic carbocycles. The van der Waals surface area contributed by atoms with Gasteiger partial charge in [-0.15, -0.1) is 0 Å². The van der Waals surface area contributed by atoms with Gasteiger partial charge in [0.15, 0.2) is 5.82 Å². The Bertz CT molecular complexity index is 1040. The molecule has 1 fully saturated rings. The van der Waals surface area contributed by atoms with E-state index in [9.17, 15) is 9.59 Å². The Morgan fingerprint density at radius 3 is 2.61 bits per heavy atom. The lowest BCUT2D eigenvalue weighted by Crippen LogP contribution is -2.37. The normalized spacial score (nSPS) is 16.7. The SMILES string of the molecule is O=C(Nc1cc(C2CC2)[nH]n1)[C@@H](c1ccccc1)N1Cc2ccccc2C1=O. The van der Waals surface area contributed by atoms with E-state index in [0.717, 1.165) is 29.7 Å². The fraction of sp³-hybridized carbons (Fsp3) is 0.227. The molecule has 3 aromatic rings. The Hall–Kier alpha value is -3.41. The number of aromatic nitrogens is 2. The molecule has 1 atom stereocenters. The lowest BCUT2D eigenvalue weighted by molar-refractivity contribution is -0.120. The molecule has 0 radical (unpaired) electrons. The Balaban J connectivity index is 1.45. The highest BCUT2D eigenvalue weighted by Gasteiger charge is 2.37. The summed E-state index contributed by atoms with van der Waals surface area (Å²) in [7, 11) is 0.